The van der Waals surface area contributed by atoms with Crippen LogP contribution in [0.2, 0.25) is 5.02 Å². The molecular formula is C16H16BrClO2. The predicted octanol–water partition coefficient (Wildman–Crippen LogP) is 4.37. The van der Waals surface area contributed by atoms with Gasteiger partial charge < -0.3 is 9.84 Å². The Hall–Kier alpha value is -0.870. The molecule has 20 heavy (non-hydrogen) atoms. The number of methoxy groups -OCH3 is 1. The Morgan fingerprint density at radius 2 is 1.90 bits per heavy atom. The summed E-state index contributed by atoms with van der Waals surface area (Å²) in [6, 6.07) is 13.3. The fourth-order valence-electron chi connectivity index (χ4n) is 1.99. The van der Waals surface area contributed by atoms with E-state index in [9.17, 15) is 5.11 Å². The first-order chi connectivity index (χ1) is 9.61. The lowest BCUT2D eigenvalue weighted by Gasteiger charge is -2.14. The van der Waals surface area contributed by atoms with Crippen LogP contribution in [0, 0.1) is 0 Å². The summed E-state index contributed by atoms with van der Waals surface area (Å²) in [4.78, 5) is 0. The Morgan fingerprint density at radius 1 is 1.20 bits per heavy atom. The van der Waals surface area contributed by atoms with Crippen molar-refractivity contribution in [2.75, 3.05) is 13.7 Å². The summed E-state index contributed by atoms with van der Waals surface area (Å²) in [5.41, 5.74) is 2.85. The molecule has 0 amide bonds. The Kier molecular flexibility index (Phi) is 5.61. The van der Waals surface area contributed by atoms with Gasteiger partial charge in [-0.15, -0.1) is 0 Å². The lowest BCUT2D eigenvalue weighted by atomic mass is 10.00. The summed E-state index contributed by atoms with van der Waals surface area (Å²) in [6.45, 7) is 0.699. The van der Waals surface area contributed by atoms with Crippen LogP contribution in [0.4, 0.5) is 0 Å². The van der Waals surface area contributed by atoms with Crippen LogP contribution in [0.1, 0.15) is 22.8 Å². The summed E-state index contributed by atoms with van der Waals surface area (Å²) >= 11 is 9.35. The van der Waals surface area contributed by atoms with Crippen molar-refractivity contribution in [2.45, 2.75) is 12.5 Å². The molecule has 0 saturated carbocycles. The smallest absolute Gasteiger partial charge is 0.105 e. The Balaban J connectivity index is 2.18. The van der Waals surface area contributed by atoms with Gasteiger partial charge in [-0.25, -0.2) is 0 Å². The molecule has 1 atom stereocenters. The van der Waals surface area contributed by atoms with Crippen LogP contribution in [-0.2, 0) is 11.2 Å². The van der Waals surface area contributed by atoms with Crippen molar-refractivity contribution in [3.05, 3.63) is 68.7 Å². The highest BCUT2D eigenvalue weighted by molar-refractivity contribution is 9.10. The van der Waals surface area contributed by atoms with Gasteiger partial charge in [0.1, 0.15) is 6.10 Å². The second-order valence-corrected chi connectivity index (χ2v) is 5.84. The van der Waals surface area contributed by atoms with Crippen molar-refractivity contribution in [3.8, 4) is 0 Å². The highest BCUT2D eigenvalue weighted by atomic mass is 79.9. The van der Waals surface area contributed by atoms with E-state index in [0.717, 1.165) is 22.0 Å². The fourth-order valence-corrected chi connectivity index (χ4v) is 2.89. The van der Waals surface area contributed by atoms with Gasteiger partial charge in [-0.1, -0.05) is 57.9 Å². The van der Waals surface area contributed by atoms with Gasteiger partial charge in [0, 0.05) is 16.6 Å². The van der Waals surface area contributed by atoms with Crippen molar-refractivity contribution in [1.82, 2.24) is 0 Å². The molecule has 106 valence electrons. The average Bonchev–Trinajstić information content (AvgIpc) is 2.45. The van der Waals surface area contributed by atoms with Gasteiger partial charge in [-0.2, -0.15) is 0 Å². The Morgan fingerprint density at radius 3 is 2.50 bits per heavy atom. The second-order valence-electron chi connectivity index (χ2n) is 4.55. The summed E-state index contributed by atoms with van der Waals surface area (Å²) in [5.74, 6) is 0. The Bertz CT molecular complexity index is 569. The SMILES string of the molecule is COCCc1ccc(C(O)c2ccc(Cl)cc2Br)cc1. The standard InChI is InChI=1S/C16H16BrClO2/c1-20-9-8-11-2-4-12(5-3-11)16(19)14-7-6-13(18)10-15(14)17/h2-7,10,16,19H,8-9H2,1H3. The third-order valence-corrected chi connectivity index (χ3v) is 4.07. The van der Waals surface area contributed by atoms with E-state index in [2.05, 4.69) is 15.9 Å². The fraction of sp³-hybridized carbons (Fsp3) is 0.250. The van der Waals surface area contributed by atoms with Crippen molar-refractivity contribution >= 4 is 27.5 Å². The van der Waals surface area contributed by atoms with Crippen LogP contribution in [0.25, 0.3) is 0 Å². The molecule has 2 nitrogen and oxygen atoms in total. The first-order valence-electron chi connectivity index (χ1n) is 6.32. The molecule has 0 aliphatic carbocycles. The quantitative estimate of drug-likeness (QED) is 0.863. The highest BCUT2D eigenvalue weighted by Gasteiger charge is 2.13. The van der Waals surface area contributed by atoms with Gasteiger partial charge in [0.15, 0.2) is 0 Å². The molecule has 0 aliphatic rings. The molecule has 0 radical (unpaired) electrons. The first kappa shape index (κ1) is 15.5. The van der Waals surface area contributed by atoms with E-state index in [1.54, 1.807) is 19.2 Å². The molecule has 2 rings (SSSR count). The van der Waals surface area contributed by atoms with Crippen molar-refractivity contribution < 1.29 is 9.84 Å². The van der Waals surface area contributed by atoms with E-state index in [0.29, 0.717) is 11.6 Å². The second kappa shape index (κ2) is 7.23. The molecule has 0 aliphatic heterocycles. The lowest BCUT2D eigenvalue weighted by molar-refractivity contribution is 0.202. The lowest BCUT2D eigenvalue weighted by Crippen LogP contribution is -2.01. The van der Waals surface area contributed by atoms with E-state index in [4.69, 9.17) is 16.3 Å². The van der Waals surface area contributed by atoms with Crippen LogP contribution < -0.4 is 0 Å². The molecule has 2 aromatic carbocycles. The summed E-state index contributed by atoms with van der Waals surface area (Å²) < 4.78 is 5.86. The molecule has 0 aromatic heterocycles. The molecule has 0 saturated heterocycles. The summed E-state index contributed by atoms with van der Waals surface area (Å²) in [6.07, 6.45) is 0.204. The van der Waals surface area contributed by atoms with E-state index in [1.807, 2.05) is 30.3 Å². The monoisotopic (exact) mass is 354 g/mol. The van der Waals surface area contributed by atoms with Gasteiger partial charge in [0.2, 0.25) is 0 Å². The molecule has 1 N–H and O–H groups in total. The third kappa shape index (κ3) is 3.83. The maximum Gasteiger partial charge on any atom is 0.105 e. The molecule has 2 aromatic rings. The molecule has 1 unspecified atom stereocenters. The molecule has 0 spiro atoms. The van der Waals surface area contributed by atoms with Crippen LogP contribution in [0.5, 0.6) is 0 Å². The molecular weight excluding hydrogens is 340 g/mol. The van der Waals surface area contributed by atoms with Crippen molar-refractivity contribution in [3.63, 3.8) is 0 Å². The largest absolute Gasteiger partial charge is 0.384 e. The zero-order valence-corrected chi connectivity index (χ0v) is 13.5. The predicted molar refractivity (Wildman–Crippen MR) is 85.2 cm³/mol. The average molecular weight is 356 g/mol. The van der Waals surface area contributed by atoms with E-state index in [-0.39, 0.29) is 0 Å². The zero-order valence-electron chi connectivity index (χ0n) is 11.1. The minimum Gasteiger partial charge on any atom is -0.384 e. The van der Waals surface area contributed by atoms with Gasteiger partial charge >= 0.3 is 0 Å². The third-order valence-electron chi connectivity index (χ3n) is 3.15. The van der Waals surface area contributed by atoms with Crippen LogP contribution >= 0.6 is 27.5 Å². The van der Waals surface area contributed by atoms with Gasteiger partial charge in [-0.05, 0) is 35.2 Å². The molecule has 4 heteroatoms. The van der Waals surface area contributed by atoms with E-state index < -0.39 is 6.10 Å². The number of hydrogen-bond donors (Lipinski definition) is 1. The number of ether oxygens (including phenoxy) is 1. The van der Waals surface area contributed by atoms with Crippen molar-refractivity contribution in [2.24, 2.45) is 0 Å². The van der Waals surface area contributed by atoms with Gasteiger partial charge in [-0.3, -0.25) is 0 Å². The molecule has 0 fully saturated rings. The topological polar surface area (TPSA) is 29.5 Å². The van der Waals surface area contributed by atoms with Crippen LogP contribution in [0.3, 0.4) is 0 Å². The van der Waals surface area contributed by atoms with Crippen LogP contribution in [-0.4, -0.2) is 18.8 Å². The number of halogens is 2. The maximum absolute atomic E-state index is 10.4. The number of aliphatic hydroxyl groups excluding tert-OH is 1. The maximum atomic E-state index is 10.4. The molecule has 0 heterocycles. The summed E-state index contributed by atoms with van der Waals surface area (Å²) in [5, 5.41) is 11.1. The van der Waals surface area contributed by atoms with Gasteiger partial charge in [0.05, 0.1) is 6.61 Å². The zero-order chi connectivity index (χ0) is 14.5. The molecule has 0 bridgehead atoms. The highest BCUT2D eigenvalue weighted by Crippen LogP contribution is 2.30. The Labute approximate surface area is 132 Å². The number of hydrogen-bond acceptors (Lipinski definition) is 2. The summed E-state index contributed by atoms with van der Waals surface area (Å²) in [7, 11) is 1.69. The first-order valence-corrected chi connectivity index (χ1v) is 7.49. The normalized spacial score (nSPS) is 12.4. The number of rotatable bonds is 5. The van der Waals surface area contributed by atoms with Crippen molar-refractivity contribution in [1.29, 1.82) is 0 Å². The van der Waals surface area contributed by atoms with Gasteiger partial charge in [0.25, 0.3) is 0 Å². The van der Waals surface area contributed by atoms with Crippen LogP contribution in [0.15, 0.2) is 46.9 Å². The van der Waals surface area contributed by atoms with E-state index >= 15 is 0 Å². The number of benzene rings is 2. The van der Waals surface area contributed by atoms with E-state index in [1.165, 1.54) is 5.56 Å². The minimum absolute atomic E-state index is 0.641. The minimum atomic E-state index is -0.668. The number of aliphatic hydroxyl groups is 1.